The van der Waals surface area contributed by atoms with Crippen molar-refractivity contribution in [2.45, 2.75) is 58.2 Å². The molecule has 7 nitrogen and oxygen atoms in total. The van der Waals surface area contributed by atoms with Crippen LogP contribution in [0.25, 0.3) is 11.3 Å². The van der Waals surface area contributed by atoms with E-state index in [1.165, 1.54) is 25.0 Å². The Hall–Kier alpha value is -2.87. The maximum absolute atomic E-state index is 14.1. The second-order valence-corrected chi connectivity index (χ2v) is 9.07. The van der Waals surface area contributed by atoms with E-state index in [1.807, 2.05) is 18.7 Å². The summed E-state index contributed by atoms with van der Waals surface area (Å²) < 4.78 is 14.1. The molecule has 0 atom stereocenters. The number of carbonyl (C=O) groups excluding carboxylic acids is 2. The SMILES string of the molecule is CC(C)C(=O)N1CCC(N(Cc2cnc(-c3ccc(C(N)=O)c(F)c3)cn2)C2CC2)CC1. The van der Waals surface area contributed by atoms with Crippen molar-refractivity contribution >= 4 is 11.8 Å². The number of benzene rings is 1. The molecule has 1 aliphatic carbocycles. The molecule has 0 unspecified atom stereocenters. The second kappa shape index (κ2) is 9.32. The maximum atomic E-state index is 14.1. The second-order valence-electron chi connectivity index (χ2n) is 9.07. The van der Waals surface area contributed by atoms with Crippen LogP contribution < -0.4 is 5.73 Å². The fourth-order valence-corrected chi connectivity index (χ4v) is 4.39. The van der Waals surface area contributed by atoms with E-state index in [0.717, 1.165) is 38.2 Å². The van der Waals surface area contributed by atoms with Gasteiger partial charge in [0.1, 0.15) is 5.82 Å². The van der Waals surface area contributed by atoms with Crippen LogP contribution in [0, 0.1) is 11.7 Å². The van der Waals surface area contributed by atoms with Crippen molar-refractivity contribution in [3.05, 3.63) is 47.7 Å². The molecule has 2 amide bonds. The third-order valence-electron chi connectivity index (χ3n) is 6.34. The predicted molar refractivity (Wildman–Crippen MR) is 119 cm³/mol. The zero-order valence-electron chi connectivity index (χ0n) is 18.6. The number of primary amides is 1. The summed E-state index contributed by atoms with van der Waals surface area (Å²) in [5, 5.41) is 0. The van der Waals surface area contributed by atoms with Crippen LogP contribution in [0.4, 0.5) is 4.39 Å². The molecule has 0 bridgehead atoms. The van der Waals surface area contributed by atoms with Crippen LogP contribution in [0.3, 0.4) is 0 Å². The van der Waals surface area contributed by atoms with E-state index in [0.29, 0.717) is 23.3 Å². The number of amides is 2. The van der Waals surface area contributed by atoms with Crippen molar-refractivity contribution < 1.29 is 14.0 Å². The summed E-state index contributed by atoms with van der Waals surface area (Å²) in [5.74, 6) is -1.18. The van der Waals surface area contributed by atoms with E-state index >= 15 is 0 Å². The molecule has 2 heterocycles. The molecule has 1 aliphatic heterocycles. The van der Waals surface area contributed by atoms with Crippen LogP contribution in [0.5, 0.6) is 0 Å². The van der Waals surface area contributed by atoms with Gasteiger partial charge in [-0.1, -0.05) is 19.9 Å². The molecule has 170 valence electrons. The Bertz CT molecular complexity index is 982. The Morgan fingerprint density at radius 1 is 1.12 bits per heavy atom. The highest BCUT2D eigenvalue weighted by Crippen LogP contribution is 2.33. The van der Waals surface area contributed by atoms with Gasteiger partial charge in [0.25, 0.3) is 5.91 Å². The standard InChI is InChI=1S/C24H30FN5O2/c1-15(2)24(32)29-9-7-19(8-10-29)30(18-4-5-18)14-17-12-28-22(13-27-17)16-3-6-20(23(26)31)21(25)11-16/h3,6,11-13,15,18-19H,4-5,7-10,14H2,1-2H3,(H2,26,31). The molecule has 0 radical (unpaired) electrons. The summed E-state index contributed by atoms with van der Waals surface area (Å²) in [6.07, 6.45) is 7.73. The molecule has 2 aromatic rings. The molecule has 8 heteroatoms. The van der Waals surface area contributed by atoms with Gasteiger partial charge >= 0.3 is 0 Å². The zero-order chi connectivity index (χ0) is 22.8. The van der Waals surface area contributed by atoms with Gasteiger partial charge in [-0.25, -0.2) is 4.39 Å². The van der Waals surface area contributed by atoms with Crippen molar-refractivity contribution in [1.82, 2.24) is 19.8 Å². The Balaban J connectivity index is 1.41. The lowest BCUT2D eigenvalue weighted by atomic mass is 10.0. The minimum absolute atomic E-state index is 0.0420. The smallest absolute Gasteiger partial charge is 0.251 e. The fraction of sp³-hybridized carbons (Fsp3) is 0.500. The first kappa shape index (κ1) is 22.3. The van der Waals surface area contributed by atoms with Gasteiger partial charge in [0.2, 0.25) is 5.91 Å². The molecule has 2 fully saturated rings. The number of aromatic nitrogens is 2. The molecule has 1 aromatic carbocycles. The first-order chi connectivity index (χ1) is 15.3. The maximum Gasteiger partial charge on any atom is 0.251 e. The van der Waals surface area contributed by atoms with Crippen LogP contribution in [0.1, 0.15) is 55.6 Å². The van der Waals surface area contributed by atoms with Crippen molar-refractivity contribution in [3.8, 4) is 11.3 Å². The minimum atomic E-state index is -0.796. The summed E-state index contributed by atoms with van der Waals surface area (Å²) in [6.45, 7) is 6.24. The van der Waals surface area contributed by atoms with E-state index in [1.54, 1.807) is 18.5 Å². The lowest BCUT2D eigenvalue weighted by Gasteiger charge is -2.39. The topological polar surface area (TPSA) is 92.4 Å². The molecule has 4 rings (SSSR count). The van der Waals surface area contributed by atoms with Gasteiger partial charge in [0, 0.05) is 43.2 Å². The average molecular weight is 440 g/mol. The first-order valence-corrected chi connectivity index (χ1v) is 11.3. The Kier molecular flexibility index (Phi) is 6.50. The Morgan fingerprint density at radius 3 is 2.34 bits per heavy atom. The number of nitrogens with two attached hydrogens (primary N) is 1. The zero-order valence-corrected chi connectivity index (χ0v) is 18.6. The molecule has 0 spiro atoms. The average Bonchev–Trinajstić information content (AvgIpc) is 3.62. The van der Waals surface area contributed by atoms with Crippen LogP contribution in [0.2, 0.25) is 0 Å². The van der Waals surface area contributed by atoms with Gasteiger partial charge in [-0.2, -0.15) is 0 Å². The quantitative estimate of drug-likeness (QED) is 0.716. The van der Waals surface area contributed by atoms with Gasteiger partial charge in [-0.15, -0.1) is 0 Å². The van der Waals surface area contributed by atoms with Crippen molar-refractivity contribution in [2.75, 3.05) is 13.1 Å². The lowest BCUT2D eigenvalue weighted by molar-refractivity contribution is -0.136. The number of likely N-dealkylation sites (tertiary alicyclic amines) is 1. The summed E-state index contributed by atoms with van der Waals surface area (Å²) >= 11 is 0. The fourth-order valence-electron chi connectivity index (χ4n) is 4.39. The summed E-state index contributed by atoms with van der Waals surface area (Å²) in [4.78, 5) is 37.0. The van der Waals surface area contributed by atoms with Crippen LogP contribution in [0.15, 0.2) is 30.6 Å². The highest BCUT2D eigenvalue weighted by atomic mass is 19.1. The number of nitrogens with zero attached hydrogens (tertiary/aromatic N) is 4. The number of rotatable bonds is 7. The van der Waals surface area contributed by atoms with E-state index in [2.05, 4.69) is 14.9 Å². The highest BCUT2D eigenvalue weighted by Gasteiger charge is 2.36. The number of carbonyl (C=O) groups is 2. The molecule has 1 saturated heterocycles. The molecule has 2 aliphatic rings. The lowest BCUT2D eigenvalue weighted by Crippen LogP contribution is -2.48. The summed E-state index contributed by atoms with van der Waals surface area (Å²) in [6, 6.07) is 5.26. The van der Waals surface area contributed by atoms with Crippen molar-refractivity contribution in [3.63, 3.8) is 0 Å². The van der Waals surface area contributed by atoms with E-state index in [4.69, 9.17) is 5.73 Å². The normalized spacial score (nSPS) is 17.2. The third-order valence-corrected chi connectivity index (χ3v) is 6.34. The number of hydrogen-bond acceptors (Lipinski definition) is 5. The van der Waals surface area contributed by atoms with Gasteiger partial charge in [-0.05, 0) is 37.8 Å². The van der Waals surface area contributed by atoms with Gasteiger partial charge in [0.15, 0.2) is 0 Å². The molecule has 1 aromatic heterocycles. The molecular formula is C24H30FN5O2. The van der Waals surface area contributed by atoms with E-state index < -0.39 is 11.7 Å². The van der Waals surface area contributed by atoms with E-state index in [-0.39, 0.29) is 17.4 Å². The largest absolute Gasteiger partial charge is 0.366 e. The van der Waals surface area contributed by atoms with Gasteiger partial charge in [0.05, 0.1) is 29.3 Å². The molecule has 2 N–H and O–H groups in total. The van der Waals surface area contributed by atoms with Crippen LogP contribution in [-0.2, 0) is 11.3 Å². The van der Waals surface area contributed by atoms with Crippen LogP contribution in [-0.4, -0.2) is 56.8 Å². The Morgan fingerprint density at radius 2 is 1.81 bits per heavy atom. The van der Waals surface area contributed by atoms with Gasteiger partial charge < -0.3 is 10.6 Å². The first-order valence-electron chi connectivity index (χ1n) is 11.3. The van der Waals surface area contributed by atoms with Crippen molar-refractivity contribution in [1.29, 1.82) is 0 Å². The summed E-state index contributed by atoms with van der Waals surface area (Å²) in [7, 11) is 0. The summed E-state index contributed by atoms with van der Waals surface area (Å²) in [5.41, 5.74) is 6.99. The van der Waals surface area contributed by atoms with Crippen LogP contribution >= 0.6 is 0 Å². The van der Waals surface area contributed by atoms with Gasteiger partial charge in [-0.3, -0.25) is 24.5 Å². The molecule has 32 heavy (non-hydrogen) atoms. The highest BCUT2D eigenvalue weighted by molar-refractivity contribution is 5.93. The third kappa shape index (κ3) is 4.96. The Labute approximate surface area is 187 Å². The van der Waals surface area contributed by atoms with E-state index in [9.17, 15) is 14.0 Å². The number of hydrogen-bond donors (Lipinski definition) is 1. The number of piperidine rings is 1. The molecule has 1 saturated carbocycles. The number of halogens is 1. The molecular weight excluding hydrogens is 409 g/mol. The van der Waals surface area contributed by atoms with Crippen molar-refractivity contribution in [2.24, 2.45) is 11.7 Å². The predicted octanol–water partition coefficient (Wildman–Crippen LogP) is 2.99. The minimum Gasteiger partial charge on any atom is -0.366 e. The monoisotopic (exact) mass is 439 g/mol.